The van der Waals surface area contributed by atoms with Crippen molar-refractivity contribution in [1.29, 1.82) is 0 Å². The van der Waals surface area contributed by atoms with E-state index in [0.29, 0.717) is 38.4 Å². The van der Waals surface area contributed by atoms with Crippen molar-refractivity contribution in [3.8, 4) is 0 Å². The van der Waals surface area contributed by atoms with Crippen LogP contribution in [0.3, 0.4) is 0 Å². The fourth-order valence-corrected chi connectivity index (χ4v) is 3.52. The lowest BCUT2D eigenvalue weighted by Gasteiger charge is -2.38. The van der Waals surface area contributed by atoms with Crippen LogP contribution in [0.5, 0.6) is 0 Å². The number of nitrogens with zero attached hydrogens (tertiary/aromatic N) is 2. The van der Waals surface area contributed by atoms with Gasteiger partial charge in [0.25, 0.3) is 0 Å². The highest BCUT2D eigenvalue weighted by atomic mass is 32.2. The predicted molar refractivity (Wildman–Crippen MR) is 65.3 cm³/mol. The molecule has 0 aromatic rings. The monoisotopic (exact) mass is 260 g/mol. The van der Waals surface area contributed by atoms with Crippen molar-refractivity contribution in [3.63, 3.8) is 0 Å². The number of carbonyl (C=O) groups excluding carboxylic acids is 1. The second-order valence-corrected chi connectivity index (χ2v) is 6.91. The largest absolute Gasteiger partial charge is 0.298 e. The summed E-state index contributed by atoms with van der Waals surface area (Å²) in [5, 5.41) is 0. The van der Waals surface area contributed by atoms with Gasteiger partial charge in [-0.15, -0.1) is 0 Å². The van der Waals surface area contributed by atoms with E-state index in [0.717, 1.165) is 19.3 Å². The van der Waals surface area contributed by atoms with Crippen molar-refractivity contribution in [2.75, 3.05) is 32.4 Å². The Kier molecular flexibility index (Phi) is 3.85. The van der Waals surface area contributed by atoms with E-state index in [1.807, 2.05) is 0 Å². The van der Waals surface area contributed by atoms with Crippen LogP contribution >= 0.6 is 0 Å². The summed E-state index contributed by atoms with van der Waals surface area (Å²) in [5.74, 6) is 0.337. The number of hydrogen-bond donors (Lipinski definition) is 0. The van der Waals surface area contributed by atoms with E-state index < -0.39 is 10.0 Å². The van der Waals surface area contributed by atoms with E-state index in [9.17, 15) is 13.2 Å². The molecule has 98 valence electrons. The van der Waals surface area contributed by atoms with Crippen molar-refractivity contribution in [2.24, 2.45) is 0 Å². The SMILES string of the molecule is CS(=O)(=O)N1CCN(C2CCCCC2=O)CC1. The summed E-state index contributed by atoms with van der Waals surface area (Å²) < 4.78 is 24.2. The van der Waals surface area contributed by atoms with Gasteiger partial charge in [0.1, 0.15) is 5.78 Å². The molecular formula is C11H20N2O3S. The molecule has 2 aliphatic rings. The molecule has 17 heavy (non-hydrogen) atoms. The first-order valence-electron chi connectivity index (χ1n) is 6.20. The lowest BCUT2D eigenvalue weighted by molar-refractivity contribution is -0.126. The second-order valence-electron chi connectivity index (χ2n) is 4.93. The molecule has 2 rings (SSSR count). The molecule has 0 bridgehead atoms. The third kappa shape index (κ3) is 3.05. The lowest BCUT2D eigenvalue weighted by atomic mass is 9.92. The molecule has 0 aromatic heterocycles. The summed E-state index contributed by atoms with van der Waals surface area (Å²) in [6, 6.07) is 0.0467. The summed E-state index contributed by atoms with van der Waals surface area (Å²) >= 11 is 0. The molecule has 0 amide bonds. The van der Waals surface area contributed by atoms with Gasteiger partial charge in [0.05, 0.1) is 12.3 Å². The molecule has 1 saturated heterocycles. The van der Waals surface area contributed by atoms with Crippen molar-refractivity contribution in [3.05, 3.63) is 0 Å². The van der Waals surface area contributed by atoms with Gasteiger partial charge in [-0.25, -0.2) is 8.42 Å². The van der Waals surface area contributed by atoms with Gasteiger partial charge >= 0.3 is 0 Å². The highest BCUT2D eigenvalue weighted by molar-refractivity contribution is 7.88. The van der Waals surface area contributed by atoms with E-state index in [1.165, 1.54) is 10.6 Å². The number of rotatable bonds is 2. The van der Waals surface area contributed by atoms with Crippen LogP contribution in [0.25, 0.3) is 0 Å². The molecule has 1 aliphatic heterocycles. The van der Waals surface area contributed by atoms with Gasteiger partial charge in [0, 0.05) is 32.6 Å². The molecule has 1 heterocycles. The van der Waals surface area contributed by atoms with Gasteiger partial charge in [-0.2, -0.15) is 4.31 Å². The minimum atomic E-state index is -3.07. The summed E-state index contributed by atoms with van der Waals surface area (Å²) in [6.45, 7) is 2.40. The Balaban J connectivity index is 1.92. The molecule has 2 fully saturated rings. The van der Waals surface area contributed by atoms with Crippen molar-refractivity contribution in [1.82, 2.24) is 9.21 Å². The summed E-state index contributed by atoms with van der Waals surface area (Å²) in [6.07, 6.45) is 5.00. The van der Waals surface area contributed by atoms with Crippen LogP contribution < -0.4 is 0 Å². The summed E-state index contributed by atoms with van der Waals surface area (Å²) in [5.41, 5.74) is 0. The number of sulfonamides is 1. The average molecular weight is 260 g/mol. The van der Waals surface area contributed by atoms with Gasteiger partial charge in [0.2, 0.25) is 10.0 Å². The van der Waals surface area contributed by atoms with Gasteiger partial charge in [-0.1, -0.05) is 6.42 Å². The first-order chi connectivity index (χ1) is 7.98. The normalized spacial score (nSPS) is 29.5. The number of piperazine rings is 1. The average Bonchev–Trinajstić information content (AvgIpc) is 2.29. The zero-order valence-corrected chi connectivity index (χ0v) is 11.1. The van der Waals surface area contributed by atoms with Crippen LogP contribution in [0.2, 0.25) is 0 Å². The summed E-state index contributed by atoms with van der Waals surface area (Å²) in [7, 11) is -3.07. The molecule has 1 saturated carbocycles. The lowest BCUT2D eigenvalue weighted by Crippen LogP contribution is -2.54. The van der Waals surface area contributed by atoms with E-state index >= 15 is 0 Å². The smallest absolute Gasteiger partial charge is 0.211 e. The molecule has 0 radical (unpaired) electrons. The van der Waals surface area contributed by atoms with E-state index in [-0.39, 0.29) is 6.04 Å². The fraction of sp³-hybridized carbons (Fsp3) is 0.909. The topological polar surface area (TPSA) is 57.7 Å². The Morgan fingerprint density at radius 1 is 1.12 bits per heavy atom. The highest BCUT2D eigenvalue weighted by Gasteiger charge is 2.32. The number of carbonyl (C=O) groups is 1. The summed E-state index contributed by atoms with van der Waals surface area (Å²) in [4.78, 5) is 14.0. The molecule has 6 heteroatoms. The molecule has 1 unspecified atom stereocenters. The quantitative estimate of drug-likeness (QED) is 0.705. The maximum atomic E-state index is 11.8. The maximum Gasteiger partial charge on any atom is 0.211 e. The maximum absolute atomic E-state index is 11.8. The third-order valence-electron chi connectivity index (χ3n) is 3.71. The Hall–Kier alpha value is -0.460. The zero-order valence-electron chi connectivity index (χ0n) is 10.3. The molecule has 1 atom stereocenters. The fourth-order valence-electron chi connectivity index (χ4n) is 2.70. The van der Waals surface area contributed by atoms with Crippen LogP contribution in [0.15, 0.2) is 0 Å². The Bertz CT molecular complexity index is 386. The number of Topliss-reactive ketones (excluding diaryl/α,β-unsaturated/α-hetero) is 1. The van der Waals surface area contributed by atoms with E-state index in [4.69, 9.17) is 0 Å². The van der Waals surface area contributed by atoms with Gasteiger partial charge in [-0.05, 0) is 12.8 Å². The van der Waals surface area contributed by atoms with E-state index in [1.54, 1.807) is 0 Å². The van der Waals surface area contributed by atoms with Crippen LogP contribution in [-0.4, -0.2) is 61.9 Å². The van der Waals surface area contributed by atoms with Crippen molar-refractivity contribution >= 4 is 15.8 Å². The third-order valence-corrected chi connectivity index (χ3v) is 5.01. The number of hydrogen-bond acceptors (Lipinski definition) is 4. The molecule has 1 aliphatic carbocycles. The first-order valence-corrected chi connectivity index (χ1v) is 8.05. The van der Waals surface area contributed by atoms with Crippen molar-refractivity contribution in [2.45, 2.75) is 31.7 Å². The van der Waals surface area contributed by atoms with Crippen LogP contribution in [0.4, 0.5) is 0 Å². The Morgan fingerprint density at radius 3 is 2.29 bits per heavy atom. The zero-order chi connectivity index (χ0) is 12.5. The van der Waals surface area contributed by atoms with Gasteiger partial charge in [0.15, 0.2) is 0 Å². The van der Waals surface area contributed by atoms with Gasteiger partial charge < -0.3 is 0 Å². The van der Waals surface area contributed by atoms with Crippen molar-refractivity contribution < 1.29 is 13.2 Å². The Labute approximate surface area is 103 Å². The van der Waals surface area contributed by atoms with Crippen LogP contribution in [0, 0.1) is 0 Å². The second kappa shape index (κ2) is 5.04. The van der Waals surface area contributed by atoms with Gasteiger partial charge in [-0.3, -0.25) is 9.69 Å². The Morgan fingerprint density at radius 2 is 1.76 bits per heavy atom. The highest BCUT2D eigenvalue weighted by Crippen LogP contribution is 2.21. The molecule has 5 nitrogen and oxygen atoms in total. The molecule has 0 spiro atoms. The van der Waals surface area contributed by atoms with E-state index in [2.05, 4.69) is 4.90 Å². The van der Waals surface area contributed by atoms with Crippen LogP contribution in [-0.2, 0) is 14.8 Å². The number of ketones is 1. The predicted octanol–water partition coefficient (Wildman–Crippen LogP) is 0.0753. The minimum absolute atomic E-state index is 0.0467. The molecular weight excluding hydrogens is 240 g/mol. The molecule has 0 aromatic carbocycles. The molecule has 0 N–H and O–H groups in total. The minimum Gasteiger partial charge on any atom is -0.298 e. The first kappa shape index (κ1) is 13.0. The van der Waals surface area contributed by atoms with Crippen LogP contribution in [0.1, 0.15) is 25.7 Å². The standard InChI is InChI=1S/C11H20N2O3S/c1-17(15,16)13-8-6-12(7-9-13)10-4-2-3-5-11(10)14/h10H,2-9H2,1H3.